The van der Waals surface area contributed by atoms with Gasteiger partial charge in [-0.25, -0.2) is 17.9 Å². The Kier molecular flexibility index (Phi) is 5.55. The van der Waals surface area contributed by atoms with Crippen molar-refractivity contribution in [1.82, 2.24) is 4.72 Å². The Morgan fingerprint density at radius 2 is 2.14 bits per heavy atom. The number of hydrogen-bond acceptors (Lipinski definition) is 4. The Morgan fingerprint density at radius 1 is 1.43 bits per heavy atom. The van der Waals surface area contributed by atoms with E-state index in [1.165, 1.54) is 18.2 Å². The highest BCUT2D eigenvalue weighted by atomic mass is 127. The van der Waals surface area contributed by atoms with Gasteiger partial charge in [0.1, 0.15) is 0 Å². The molecule has 2 unspecified atom stereocenters. The van der Waals surface area contributed by atoms with Crippen LogP contribution in [0.25, 0.3) is 0 Å². The van der Waals surface area contributed by atoms with Crippen LogP contribution in [0.15, 0.2) is 23.1 Å². The van der Waals surface area contributed by atoms with Gasteiger partial charge in [0.05, 0.1) is 10.5 Å². The number of aromatic carboxylic acids is 1. The number of halogens is 1. The first-order chi connectivity index (χ1) is 9.85. The zero-order valence-corrected chi connectivity index (χ0v) is 15.2. The quantitative estimate of drug-likeness (QED) is 0.687. The van der Waals surface area contributed by atoms with Crippen LogP contribution in [-0.2, 0) is 10.0 Å². The van der Waals surface area contributed by atoms with Crippen molar-refractivity contribution in [3.8, 4) is 0 Å². The molecule has 0 spiro atoms. The van der Waals surface area contributed by atoms with E-state index in [0.717, 1.165) is 19.3 Å². The molecule has 0 heterocycles. The summed E-state index contributed by atoms with van der Waals surface area (Å²) in [4.78, 5) is 11.1. The molecule has 1 fully saturated rings. The molecule has 1 aromatic carbocycles. The van der Waals surface area contributed by atoms with Crippen molar-refractivity contribution >= 4 is 50.3 Å². The van der Waals surface area contributed by atoms with Gasteiger partial charge in [0.25, 0.3) is 0 Å². The molecule has 1 saturated carbocycles. The lowest BCUT2D eigenvalue weighted by Gasteiger charge is -2.19. The van der Waals surface area contributed by atoms with E-state index in [9.17, 15) is 13.2 Å². The van der Waals surface area contributed by atoms with Gasteiger partial charge in [0.2, 0.25) is 10.0 Å². The summed E-state index contributed by atoms with van der Waals surface area (Å²) in [5, 5.41) is 9.38. The number of carbonyl (C=O) groups is 1. The Labute approximate surface area is 142 Å². The Bertz CT molecular complexity index is 648. The maximum absolute atomic E-state index is 12.4. The summed E-state index contributed by atoms with van der Waals surface area (Å²) in [6.07, 6.45) is 4.80. The van der Waals surface area contributed by atoms with E-state index in [-0.39, 0.29) is 21.8 Å². The Morgan fingerprint density at radius 3 is 2.76 bits per heavy atom. The van der Waals surface area contributed by atoms with Crippen molar-refractivity contribution in [2.45, 2.75) is 35.4 Å². The molecule has 1 aliphatic rings. The van der Waals surface area contributed by atoms with Crippen molar-refractivity contribution in [3.05, 3.63) is 27.3 Å². The summed E-state index contributed by atoms with van der Waals surface area (Å²) in [5.41, 5.74) is 0.00585. The highest BCUT2D eigenvalue weighted by Crippen LogP contribution is 2.29. The Balaban J connectivity index is 2.27. The number of sulfonamides is 1. The van der Waals surface area contributed by atoms with Gasteiger partial charge >= 0.3 is 5.97 Å². The van der Waals surface area contributed by atoms with Gasteiger partial charge in [-0.05, 0) is 59.9 Å². The summed E-state index contributed by atoms with van der Waals surface area (Å²) in [6, 6.07) is 4.09. The summed E-state index contributed by atoms with van der Waals surface area (Å²) >= 11 is 3.55. The van der Waals surface area contributed by atoms with Crippen molar-refractivity contribution < 1.29 is 18.3 Å². The molecule has 1 aliphatic carbocycles. The fourth-order valence-corrected chi connectivity index (χ4v) is 5.37. The summed E-state index contributed by atoms with van der Waals surface area (Å²) in [6.45, 7) is 0. The highest BCUT2D eigenvalue weighted by molar-refractivity contribution is 14.1. The van der Waals surface area contributed by atoms with E-state index in [4.69, 9.17) is 5.11 Å². The zero-order chi connectivity index (χ0) is 15.6. The monoisotopic (exact) mass is 441 g/mol. The van der Waals surface area contributed by atoms with Crippen molar-refractivity contribution in [2.75, 3.05) is 6.26 Å². The van der Waals surface area contributed by atoms with Gasteiger partial charge in [0, 0.05) is 14.9 Å². The molecule has 116 valence electrons. The van der Waals surface area contributed by atoms with E-state index in [1.807, 2.05) is 28.8 Å². The second-order valence-corrected chi connectivity index (χ2v) is 8.83. The minimum Gasteiger partial charge on any atom is -0.478 e. The average molecular weight is 441 g/mol. The molecule has 8 heteroatoms. The summed E-state index contributed by atoms with van der Waals surface area (Å²) in [7, 11) is -3.69. The predicted molar refractivity (Wildman–Crippen MR) is 91.4 cm³/mol. The number of carboxylic acid groups (broad SMARTS) is 1. The normalized spacial score (nSPS) is 22.4. The minimum absolute atomic E-state index is 0.00585. The molecule has 21 heavy (non-hydrogen) atoms. The van der Waals surface area contributed by atoms with Crippen LogP contribution in [0.2, 0.25) is 0 Å². The molecule has 2 rings (SSSR count). The first kappa shape index (κ1) is 17.0. The van der Waals surface area contributed by atoms with E-state index in [1.54, 1.807) is 11.8 Å². The van der Waals surface area contributed by atoms with Crippen LogP contribution in [0.4, 0.5) is 0 Å². The molecular weight excluding hydrogens is 425 g/mol. The van der Waals surface area contributed by atoms with Gasteiger partial charge < -0.3 is 5.11 Å². The molecule has 0 amide bonds. The van der Waals surface area contributed by atoms with Gasteiger partial charge in [-0.2, -0.15) is 11.8 Å². The van der Waals surface area contributed by atoms with Gasteiger partial charge in [-0.1, -0.05) is 6.42 Å². The van der Waals surface area contributed by atoms with Crippen LogP contribution in [0, 0.1) is 3.57 Å². The van der Waals surface area contributed by atoms with Crippen LogP contribution >= 0.6 is 34.4 Å². The van der Waals surface area contributed by atoms with E-state index >= 15 is 0 Å². The maximum Gasteiger partial charge on any atom is 0.336 e. The number of benzene rings is 1. The van der Waals surface area contributed by atoms with Gasteiger partial charge in [0.15, 0.2) is 0 Å². The number of thioether (sulfide) groups is 1. The smallest absolute Gasteiger partial charge is 0.336 e. The molecule has 1 aromatic rings. The van der Waals surface area contributed by atoms with Crippen molar-refractivity contribution in [3.63, 3.8) is 0 Å². The number of hydrogen-bond donors (Lipinski definition) is 2. The van der Waals surface area contributed by atoms with Crippen LogP contribution < -0.4 is 4.72 Å². The SMILES string of the molecule is CSC1CCCC1NS(=O)(=O)c1ccc(I)c(C(=O)O)c1. The number of nitrogens with one attached hydrogen (secondary N) is 1. The summed E-state index contributed by atoms with van der Waals surface area (Å²) < 4.78 is 28.1. The van der Waals surface area contributed by atoms with Crippen molar-refractivity contribution in [2.24, 2.45) is 0 Å². The first-order valence-corrected chi connectivity index (χ1v) is 10.3. The minimum atomic E-state index is -3.69. The lowest BCUT2D eigenvalue weighted by Crippen LogP contribution is -2.38. The average Bonchev–Trinajstić information content (AvgIpc) is 2.85. The molecule has 0 radical (unpaired) electrons. The third-order valence-electron chi connectivity index (χ3n) is 3.54. The zero-order valence-electron chi connectivity index (χ0n) is 11.4. The molecule has 2 atom stereocenters. The van der Waals surface area contributed by atoms with Crippen LogP contribution in [0.5, 0.6) is 0 Å². The second kappa shape index (κ2) is 6.84. The van der Waals surface area contributed by atoms with Crippen LogP contribution in [-0.4, -0.2) is 37.0 Å². The number of carboxylic acids is 1. The molecular formula is C13H16INO4S2. The molecule has 0 saturated heterocycles. The molecule has 0 bridgehead atoms. The summed E-state index contributed by atoms with van der Waals surface area (Å²) in [5.74, 6) is -1.13. The van der Waals surface area contributed by atoms with E-state index in [0.29, 0.717) is 3.57 Å². The fourth-order valence-electron chi connectivity index (χ4n) is 2.45. The first-order valence-electron chi connectivity index (χ1n) is 6.43. The van der Waals surface area contributed by atoms with Gasteiger partial charge in [-0.15, -0.1) is 0 Å². The van der Waals surface area contributed by atoms with E-state index < -0.39 is 16.0 Å². The van der Waals surface area contributed by atoms with Crippen LogP contribution in [0.1, 0.15) is 29.6 Å². The molecule has 0 aromatic heterocycles. The standard InChI is InChI=1S/C13H16INO4S2/c1-20-12-4-2-3-11(12)15-21(18,19)8-5-6-10(14)9(7-8)13(16)17/h5-7,11-12,15H,2-4H2,1H3,(H,16,17). The number of rotatable bonds is 5. The largest absolute Gasteiger partial charge is 0.478 e. The van der Waals surface area contributed by atoms with Crippen molar-refractivity contribution in [1.29, 1.82) is 0 Å². The second-order valence-electron chi connectivity index (χ2n) is 4.88. The fraction of sp³-hybridized carbons (Fsp3) is 0.462. The van der Waals surface area contributed by atoms with E-state index in [2.05, 4.69) is 4.72 Å². The Hall–Kier alpha value is -0.320. The highest BCUT2D eigenvalue weighted by Gasteiger charge is 2.31. The lowest BCUT2D eigenvalue weighted by molar-refractivity contribution is 0.0695. The topological polar surface area (TPSA) is 83.5 Å². The van der Waals surface area contributed by atoms with Gasteiger partial charge in [-0.3, -0.25) is 0 Å². The maximum atomic E-state index is 12.4. The molecule has 2 N–H and O–H groups in total. The third-order valence-corrected chi connectivity index (χ3v) is 7.14. The van der Waals surface area contributed by atoms with Crippen LogP contribution in [0.3, 0.4) is 0 Å². The lowest BCUT2D eigenvalue weighted by atomic mass is 10.2. The third kappa shape index (κ3) is 3.91. The molecule has 5 nitrogen and oxygen atoms in total. The molecule has 0 aliphatic heterocycles. The predicted octanol–water partition coefficient (Wildman–Crippen LogP) is 2.55.